The van der Waals surface area contributed by atoms with Gasteiger partial charge in [-0.05, 0) is 18.6 Å². The Labute approximate surface area is 131 Å². The van der Waals surface area contributed by atoms with Crippen LogP contribution in [-0.2, 0) is 0 Å². The first-order chi connectivity index (χ1) is 10.9. The summed E-state index contributed by atoms with van der Waals surface area (Å²) in [5.41, 5.74) is -0.940. The van der Waals surface area contributed by atoms with Crippen LogP contribution in [0.15, 0.2) is 24.3 Å². The van der Waals surface area contributed by atoms with Crippen molar-refractivity contribution in [3.63, 3.8) is 0 Å². The molecule has 5 N–H and O–H groups in total. The van der Waals surface area contributed by atoms with E-state index in [1.807, 2.05) is 0 Å². The SMILES string of the molecule is CCCOc1c(O)c(O)c(C(=O)c2ccccc2O)c(O)c1O. The number of ether oxygens (including phenoxy) is 1. The molecule has 2 aromatic rings. The molecule has 0 unspecified atom stereocenters. The lowest BCUT2D eigenvalue weighted by molar-refractivity contribution is 0.102. The lowest BCUT2D eigenvalue weighted by Crippen LogP contribution is -2.04. The van der Waals surface area contributed by atoms with Gasteiger partial charge in [-0.2, -0.15) is 0 Å². The van der Waals surface area contributed by atoms with Gasteiger partial charge in [0.25, 0.3) is 0 Å². The summed E-state index contributed by atoms with van der Waals surface area (Å²) in [6.07, 6.45) is 0.555. The Morgan fingerprint density at radius 3 is 2.04 bits per heavy atom. The number of hydrogen-bond donors (Lipinski definition) is 5. The van der Waals surface area contributed by atoms with E-state index in [-0.39, 0.29) is 17.9 Å². The van der Waals surface area contributed by atoms with Crippen LogP contribution in [0.2, 0.25) is 0 Å². The molecular formula is C16H16O7. The van der Waals surface area contributed by atoms with E-state index in [0.29, 0.717) is 6.42 Å². The lowest BCUT2D eigenvalue weighted by Gasteiger charge is -2.15. The summed E-state index contributed by atoms with van der Waals surface area (Å²) < 4.78 is 5.06. The molecule has 2 rings (SSSR count). The number of phenols is 5. The maximum atomic E-state index is 12.4. The summed E-state index contributed by atoms with van der Waals surface area (Å²) in [7, 11) is 0. The fourth-order valence-corrected chi connectivity index (χ4v) is 2.03. The van der Waals surface area contributed by atoms with E-state index in [4.69, 9.17) is 4.74 Å². The van der Waals surface area contributed by atoms with Gasteiger partial charge in [0.05, 0.1) is 12.2 Å². The van der Waals surface area contributed by atoms with Crippen LogP contribution in [0.3, 0.4) is 0 Å². The minimum atomic E-state index is -0.967. The first-order valence-corrected chi connectivity index (χ1v) is 6.85. The zero-order chi connectivity index (χ0) is 17.1. The summed E-state index contributed by atoms with van der Waals surface area (Å²) in [5.74, 6) is -5.48. The van der Waals surface area contributed by atoms with Crippen LogP contribution in [0.25, 0.3) is 0 Å². The Balaban J connectivity index is 2.60. The third-order valence-corrected chi connectivity index (χ3v) is 3.18. The van der Waals surface area contributed by atoms with E-state index >= 15 is 0 Å². The van der Waals surface area contributed by atoms with E-state index in [2.05, 4.69) is 0 Å². The molecule has 0 aromatic heterocycles. The van der Waals surface area contributed by atoms with E-state index in [9.17, 15) is 30.3 Å². The minimum Gasteiger partial charge on any atom is -0.507 e. The number of carbonyl (C=O) groups excluding carboxylic acids is 1. The fourth-order valence-electron chi connectivity index (χ4n) is 2.03. The van der Waals surface area contributed by atoms with Crippen LogP contribution in [0.4, 0.5) is 0 Å². The van der Waals surface area contributed by atoms with Gasteiger partial charge in [0.2, 0.25) is 23.0 Å². The zero-order valence-electron chi connectivity index (χ0n) is 12.3. The van der Waals surface area contributed by atoms with Crippen molar-refractivity contribution in [3.8, 4) is 34.5 Å². The topological polar surface area (TPSA) is 127 Å². The normalized spacial score (nSPS) is 10.5. The highest BCUT2D eigenvalue weighted by molar-refractivity contribution is 6.15. The number of para-hydroxylation sites is 1. The number of benzene rings is 2. The van der Waals surface area contributed by atoms with Crippen molar-refractivity contribution in [1.82, 2.24) is 0 Å². The number of ketones is 1. The summed E-state index contributed by atoms with van der Waals surface area (Å²) in [4.78, 5) is 12.4. The Bertz CT molecular complexity index is 723. The fraction of sp³-hybridized carbons (Fsp3) is 0.188. The second-order valence-corrected chi connectivity index (χ2v) is 4.79. The minimum absolute atomic E-state index is 0.118. The van der Waals surface area contributed by atoms with Crippen LogP contribution in [0.1, 0.15) is 29.3 Å². The van der Waals surface area contributed by atoms with Crippen molar-refractivity contribution in [2.45, 2.75) is 13.3 Å². The summed E-state index contributed by atoms with van der Waals surface area (Å²) in [6.45, 7) is 1.90. The largest absolute Gasteiger partial charge is 0.507 e. The van der Waals surface area contributed by atoms with E-state index in [1.54, 1.807) is 6.92 Å². The maximum Gasteiger partial charge on any atom is 0.211 e. The van der Waals surface area contributed by atoms with Crippen LogP contribution < -0.4 is 4.74 Å². The van der Waals surface area contributed by atoms with E-state index < -0.39 is 40.1 Å². The molecule has 0 spiro atoms. The van der Waals surface area contributed by atoms with Gasteiger partial charge in [0.1, 0.15) is 11.3 Å². The number of carbonyl (C=O) groups is 1. The quantitative estimate of drug-likeness (QED) is 0.325. The molecule has 0 fully saturated rings. The standard InChI is InChI=1S/C16H16O7/c1-2-7-23-16-14(21)12(19)10(13(20)15(16)22)11(18)8-5-3-4-6-9(8)17/h3-6,17,19-22H,2,7H2,1H3. The Hall–Kier alpha value is -3.09. The molecular weight excluding hydrogens is 304 g/mol. The Morgan fingerprint density at radius 1 is 0.957 bits per heavy atom. The van der Waals surface area contributed by atoms with Crippen LogP contribution >= 0.6 is 0 Å². The predicted molar refractivity (Wildman–Crippen MR) is 80.4 cm³/mol. The van der Waals surface area contributed by atoms with E-state index in [1.165, 1.54) is 24.3 Å². The van der Waals surface area contributed by atoms with Gasteiger partial charge >= 0.3 is 0 Å². The number of aromatic hydroxyl groups is 5. The van der Waals surface area contributed by atoms with Gasteiger partial charge in [-0.15, -0.1) is 0 Å². The van der Waals surface area contributed by atoms with Crippen LogP contribution in [0, 0.1) is 0 Å². The van der Waals surface area contributed by atoms with Gasteiger partial charge < -0.3 is 30.3 Å². The second kappa shape index (κ2) is 6.35. The monoisotopic (exact) mass is 320 g/mol. The zero-order valence-corrected chi connectivity index (χ0v) is 12.3. The van der Waals surface area contributed by atoms with Crippen molar-refractivity contribution < 1.29 is 35.1 Å². The number of hydrogen-bond acceptors (Lipinski definition) is 7. The molecule has 0 aliphatic carbocycles. The Kier molecular flexibility index (Phi) is 4.49. The molecule has 0 atom stereocenters. The molecule has 0 amide bonds. The average molecular weight is 320 g/mol. The number of rotatable bonds is 5. The lowest BCUT2D eigenvalue weighted by atomic mass is 9.99. The van der Waals surface area contributed by atoms with Crippen LogP contribution in [0.5, 0.6) is 34.5 Å². The Morgan fingerprint density at radius 2 is 1.52 bits per heavy atom. The van der Waals surface area contributed by atoms with Crippen molar-refractivity contribution in [1.29, 1.82) is 0 Å². The third-order valence-electron chi connectivity index (χ3n) is 3.18. The first kappa shape index (κ1) is 16.3. The first-order valence-electron chi connectivity index (χ1n) is 6.85. The molecule has 7 heteroatoms. The second-order valence-electron chi connectivity index (χ2n) is 4.79. The predicted octanol–water partition coefficient (Wildman–Crippen LogP) is 2.23. The highest BCUT2D eigenvalue weighted by atomic mass is 16.5. The molecule has 23 heavy (non-hydrogen) atoms. The maximum absolute atomic E-state index is 12.4. The van der Waals surface area contributed by atoms with Gasteiger partial charge in [-0.1, -0.05) is 19.1 Å². The number of phenolic OH excluding ortho intramolecular Hbond substituents is 5. The molecule has 0 radical (unpaired) electrons. The van der Waals surface area contributed by atoms with Crippen LogP contribution in [-0.4, -0.2) is 37.9 Å². The molecule has 122 valence electrons. The molecule has 2 aromatic carbocycles. The van der Waals surface area contributed by atoms with Crippen molar-refractivity contribution >= 4 is 5.78 Å². The van der Waals surface area contributed by atoms with Gasteiger partial charge in [-0.3, -0.25) is 4.79 Å². The van der Waals surface area contributed by atoms with E-state index in [0.717, 1.165) is 0 Å². The van der Waals surface area contributed by atoms with Crippen molar-refractivity contribution in [3.05, 3.63) is 35.4 Å². The summed E-state index contributed by atoms with van der Waals surface area (Å²) >= 11 is 0. The summed E-state index contributed by atoms with van der Waals surface area (Å²) in [6, 6.07) is 5.48. The van der Waals surface area contributed by atoms with Gasteiger partial charge in [-0.25, -0.2) is 0 Å². The third kappa shape index (κ3) is 2.80. The average Bonchev–Trinajstić information content (AvgIpc) is 2.53. The molecule has 7 nitrogen and oxygen atoms in total. The molecule has 0 saturated carbocycles. The molecule has 0 bridgehead atoms. The molecule has 0 aliphatic rings. The highest BCUT2D eigenvalue weighted by Crippen LogP contribution is 2.52. The summed E-state index contributed by atoms with van der Waals surface area (Å²) in [5, 5.41) is 49.5. The smallest absolute Gasteiger partial charge is 0.211 e. The van der Waals surface area contributed by atoms with Gasteiger partial charge in [0.15, 0.2) is 11.5 Å². The highest BCUT2D eigenvalue weighted by Gasteiger charge is 2.30. The molecule has 0 saturated heterocycles. The van der Waals surface area contributed by atoms with Crippen molar-refractivity contribution in [2.24, 2.45) is 0 Å². The molecule has 0 heterocycles. The molecule has 0 aliphatic heterocycles. The van der Waals surface area contributed by atoms with Gasteiger partial charge in [0, 0.05) is 0 Å². The van der Waals surface area contributed by atoms with Crippen molar-refractivity contribution in [2.75, 3.05) is 6.61 Å².